The fraction of sp³-hybridized carbons (Fsp3) is 0.486. The van der Waals surface area contributed by atoms with Crippen LogP contribution >= 0.6 is 0 Å². The number of amides is 2. The Balaban J connectivity index is 1.22. The number of alkyl halides is 3. The first kappa shape index (κ1) is 33.1. The molecule has 1 aliphatic carbocycles. The highest BCUT2D eigenvalue weighted by Gasteiger charge is 2.49. The van der Waals surface area contributed by atoms with Crippen molar-refractivity contribution in [1.82, 2.24) is 20.3 Å². The molecular formula is C35H37F4N7O3. The molecule has 0 bridgehead atoms. The van der Waals surface area contributed by atoms with Crippen LogP contribution in [0.4, 0.5) is 23.2 Å². The number of amidine groups is 1. The van der Waals surface area contributed by atoms with Gasteiger partial charge in [0.05, 0.1) is 25.3 Å². The number of carbonyl (C=O) groups is 2. The number of aryl methyl sites for hydroxylation is 2. The predicted octanol–water partition coefficient (Wildman–Crippen LogP) is 4.71. The van der Waals surface area contributed by atoms with E-state index in [1.54, 1.807) is 13.8 Å². The van der Waals surface area contributed by atoms with Gasteiger partial charge in [-0.2, -0.15) is 13.2 Å². The summed E-state index contributed by atoms with van der Waals surface area (Å²) >= 11 is 0. The molecule has 2 amide bonds. The van der Waals surface area contributed by atoms with Gasteiger partial charge in [0, 0.05) is 64.6 Å². The molecule has 1 aromatic carbocycles. The van der Waals surface area contributed by atoms with E-state index in [0.29, 0.717) is 89.9 Å². The number of aliphatic imine (C=N–C) groups is 1. The molecule has 3 aromatic rings. The summed E-state index contributed by atoms with van der Waals surface area (Å²) in [4.78, 5) is 45.0. The van der Waals surface area contributed by atoms with Crippen LogP contribution in [0.5, 0.6) is 0 Å². The number of hydrogen-bond acceptors (Lipinski definition) is 8. The van der Waals surface area contributed by atoms with Gasteiger partial charge in [-0.3, -0.25) is 14.6 Å². The van der Waals surface area contributed by atoms with Crippen molar-refractivity contribution in [3.05, 3.63) is 69.8 Å². The van der Waals surface area contributed by atoms with Gasteiger partial charge in [0.15, 0.2) is 0 Å². The number of pyridine rings is 1. The minimum absolute atomic E-state index is 0.104. The fourth-order valence-corrected chi connectivity index (χ4v) is 7.39. The number of halogens is 4. The summed E-state index contributed by atoms with van der Waals surface area (Å²) in [5.74, 6) is -0.597. The van der Waals surface area contributed by atoms with Gasteiger partial charge in [-0.15, -0.1) is 0 Å². The first-order valence-electron chi connectivity index (χ1n) is 16.5. The molecule has 1 spiro atoms. The Labute approximate surface area is 280 Å². The molecule has 1 saturated carbocycles. The molecule has 3 fully saturated rings. The van der Waals surface area contributed by atoms with E-state index >= 15 is 4.39 Å². The quantitative estimate of drug-likeness (QED) is 0.329. The Morgan fingerprint density at radius 2 is 1.84 bits per heavy atom. The fourth-order valence-electron chi connectivity index (χ4n) is 7.39. The second kappa shape index (κ2) is 12.1. The number of ether oxygens (including phenoxy) is 1. The number of carbonyl (C=O) groups excluding carboxylic acids is 2. The standard InChI is InChI=1S/C35H37F4N7O3/c1-17-14-34(33(48)44-32(45-34)23-6-7-27(35(37,38)39)43-31(23)21-4-5-21)8-9-46(17)26-12-22(11-25(36)24(26)10-20-15-49-16-20)30-18(2)41-29(13-28(40)47)42-19(30)3/h6-7,11-12,17,20-21H,4-5,8-10,13-16H2,1-3H3,(H2,40,47)(H,44,45,48)/t17-,34+/m0/s1. The minimum atomic E-state index is -4.58. The van der Waals surface area contributed by atoms with Crippen molar-refractivity contribution in [3.63, 3.8) is 0 Å². The van der Waals surface area contributed by atoms with Crippen LogP contribution in [0.1, 0.15) is 78.3 Å². The second-order valence-electron chi connectivity index (χ2n) is 13.7. The molecule has 4 aliphatic rings. The third-order valence-electron chi connectivity index (χ3n) is 9.97. The number of primary amides is 1. The third kappa shape index (κ3) is 6.26. The number of hydrogen-bond donors (Lipinski definition) is 2. The molecule has 2 saturated heterocycles. The SMILES string of the molecule is Cc1nc(CC(N)=O)nc(C)c1-c1cc(F)c(CC2COC2)c(N2CC[C@]3(C[C@@H]2C)N=C(c2ccc(C(F)(F)F)nc2C2CC2)NC3=O)c1. The number of piperidine rings is 1. The molecule has 0 unspecified atom stereocenters. The average molecular weight is 680 g/mol. The maximum absolute atomic E-state index is 16.2. The molecule has 0 radical (unpaired) electrons. The van der Waals surface area contributed by atoms with E-state index in [2.05, 4.69) is 25.2 Å². The van der Waals surface area contributed by atoms with E-state index in [-0.39, 0.29) is 41.9 Å². The number of nitrogens with zero attached hydrogens (tertiary/aromatic N) is 5. The van der Waals surface area contributed by atoms with Crippen LogP contribution in [0.2, 0.25) is 0 Å². The lowest BCUT2D eigenvalue weighted by molar-refractivity contribution is -0.141. The lowest BCUT2D eigenvalue weighted by Crippen LogP contribution is -2.53. The molecule has 5 heterocycles. The largest absolute Gasteiger partial charge is 0.433 e. The van der Waals surface area contributed by atoms with Gasteiger partial charge < -0.3 is 20.7 Å². The number of benzene rings is 1. The van der Waals surface area contributed by atoms with Crippen molar-refractivity contribution in [2.75, 3.05) is 24.7 Å². The zero-order valence-corrected chi connectivity index (χ0v) is 27.5. The highest BCUT2D eigenvalue weighted by Crippen LogP contribution is 2.44. The summed E-state index contributed by atoms with van der Waals surface area (Å²) in [6, 6.07) is 5.48. The smallest absolute Gasteiger partial charge is 0.381 e. The van der Waals surface area contributed by atoms with E-state index in [1.165, 1.54) is 12.1 Å². The summed E-state index contributed by atoms with van der Waals surface area (Å²) in [5.41, 5.74) is 7.71. The van der Waals surface area contributed by atoms with Crippen LogP contribution in [-0.2, 0) is 33.3 Å². The van der Waals surface area contributed by atoms with Crippen molar-refractivity contribution in [3.8, 4) is 11.1 Å². The summed E-state index contributed by atoms with van der Waals surface area (Å²) in [6.07, 6.45) is -2.11. The summed E-state index contributed by atoms with van der Waals surface area (Å²) < 4.78 is 62.0. The molecule has 7 rings (SSSR count). The third-order valence-corrected chi connectivity index (χ3v) is 9.97. The summed E-state index contributed by atoms with van der Waals surface area (Å²) in [6.45, 7) is 7.02. The van der Waals surface area contributed by atoms with Crippen LogP contribution < -0.4 is 16.0 Å². The van der Waals surface area contributed by atoms with Crippen molar-refractivity contribution in [1.29, 1.82) is 0 Å². The number of aromatic nitrogens is 3. The van der Waals surface area contributed by atoms with E-state index in [1.807, 2.05) is 13.0 Å². The minimum Gasteiger partial charge on any atom is -0.381 e. The van der Waals surface area contributed by atoms with Gasteiger partial charge in [-0.25, -0.2) is 19.3 Å². The van der Waals surface area contributed by atoms with E-state index in [0.717, 1.165) is 18.9 Å². The number of nitrogens with two attached hydrogens (primary N) is 1. The molecule has 2 aromatic heterocycles. The van der Waals surface area contributed by atoms with Gasteiger partial charge >= 0.3 is 6.18 Å². The van der Waals surface area contributed by atoms with Gasteiger partial charge in [0.25, 0.3) is 5.91 Å². The number of nitrogens with one attached hydrogen (secondary N) is 1. The van der Waals surface area contributed by atoms with Crippen LogP contribution in [0.25, 0.3) is 11.1 Å². The molecule has 49 heavy (non-hydrogen) atoms. The van der Waals surface area contributed by atoms with Gasteiger partial charge in [-0.1, -0.05) is 0 Å². The first-order valence-corrected chi connectivity index (χ1v) is 16.5. The van der Waals surface area contributed by atoms with Crippen LogP contribution in [-0.4, -0.2) is 63.9 Å². The maximum Gasteiger partial charge on any atom is 0.433 e. The van der Waals surface area contributed by atoms with E-state index < -0.39 is 23.3 Å². The normalized spacial score (nSPS) is 22.7. The Morgan fingerprint density at radius 1 is 1.12 bits per heavy atom. The molecule has 14 heteroatoms. The first-order chi connectivity index (χ1) is 23.2. The molecule has 2 atom stereocenters. The van der Waals surface area contributed by atoms with Crippen LogP contribution in [0.15, 0.2) is 29.3 Å². The monoisotopic (exact) mass is 679 g/mol. The Hall–Kier alpha value is -4.46. The number of rotatable bonds is 8. The van der Waals surface area contributed by atoms with Crippen molar-refractivity contribution in [2.24, 2.45) is 16.6 Å². The Bertz CT molecular complexity index is 1870. The topological polar surface area (TPSA) is 136 Å². The zero-order valence-electron chi connectivity index (χ0n) is 27.5. The summed E-state index contributed by atoms with van der Waals surface area (Å²) in [7, 11) is 0. The average Bonchev–Trinajstić information content (AvgIpc) is 3.79. The van der Waals surface area contributed by atoms with Gasteiger partial charge in [0.1, 0.15) is 28.7 Å². The summed E-state index contributed by atoms with van der Waals surface area (Å²) in [5, 5.41) is 2.86. The van der Waals surface area contributed by atoms with Gasteiger partial charge in [0.2, 0.25) is 5.91 Å². The van der Waals surface area contributed by atoms with Crippen LogP contribution in [0.3, 0.4) is 0 Å². The van der Waals surface area contributed by atoms with Crippen LogP contribution in [0, 0.1) is 25.6 Å². The zero-order chi connectivity index (χ0) is 34.8. The van der Waals surface area contributed by atoms with Crippen molar-refractivity contribution >= 4 is 23.3 Å². The number of anilines is 1. The van der Waals surface area contributed by atoms with Gasteiger partial charge in [-0.05, 0) is 76.3 Å². The van der Waals surface area contributed by atoms with E-state index in [9.17, 15) is 22.8 Å². The highest BCUT2D eigenvalue weighted by molar-refractivity contribution is 6.16. The maximum atomic E-state index is 16.2. The molecule has 3 aliphatic heterocycles. The lowest BCUT2D eigenvalue weighted by Gasteiger charge is -2.43. The second-order valence-corrected chi connectivity index (χ2v) is 13.7. The Kier molecular flexibility index (Phi) is 8.19. The molecule has 10 nitrogen and oxygen atoms in total. The van der Waals surface area contributed by atoms with Crippen molar-refractivity contribution < 1.29 is 31.9 Å². The lowest BCUT2D eigenvalue weighted by atomic mass is 9.82. The molecular weight excluding hydrogens is 642 g/mol. The Morgan fingerprint density at radius 3 is 2.43 bits per heavy atom. The predicted molar refractivity (Wildman–Crippen MR) is 172 cm³/mol. The van der Waals surface area contributed by atoms with E-state index in [4.69, 9.17) is 15.5 Å². The van der Waals surface area contributed by atoms with Crippen molar-refractivity contribution in [2.45, 2.75) is 83.0 Å². The molecule has 258 valence electrons. The molecule has 3 N–H and O–H groups in total. The highest BCUT2D eigenvalue weighted by atomic mass is 19.4.